The Hall–Kier alpha value is -0.0431. The van der Waals surface area contributed by atoms with Crippen molar-refractivity contribution in [1.82, 2.24) is 0 Å². The average Bonchev–Trinajstić information content (AvgIpc) is 1.55. The van der Waals surface area contributed by atoms with Crippen LogP contribution in [-0.4, -0.2) is 8.80 Å². The summed E-state index contributed by atoms with van der Waals surface area (Å²) in [4.78, 5) is 0. The molecule has 0 N–H and O–H groups in total. The first-order valence-corrected chi connectivity index (χ1v) is 5.00. The first-order valence-electron chi connectivity index (χ1n) is 2.88. The van der Waals surface area contributed by atoms with Gasteiger partial charge in [-0.3, -0.25) is 0 Å². The summed E-state index contributed by atoms with van der Waals surface area (Å²) in [5, 5.41) is 0. The van der Waals surface area contributed by atoms with E-state index in [1.165, 1.54) is 12.5 Å². The predicted molar refractivity (Wildman–Crippen MR) is 35.0 cm³/mol. The van der Waals surface area contributed by atoms with Crippen LogP contribution < -0.4 is 0 Å². The molecule has 1 radical (unpaired) electrons. The molecule has 1 heterocycles. The molecule has 0 nitrogen and oxygen atoms in total. The van der Waals surface area contributed by atoms with Crippen LogP contribution in [0, 0.1) is 0 Å². The highest BCUT2D eigenvalue weighted by atomic mass is 28.3. The second kappa shape index (κ2) is 2.31. The predicted octanol–water partition coefficient (Wildman–Crippen LogP) is 2.07. The van der Waals surface area contributed by atoms with Gasteiger partial charge in [0, 0.05) is 0 Å². The van der Waals surface area contributed by atoms with Gasteiger partial charge < -0.3 is 0 Å². The van der Waals surface area contributed by atoms with E-state index < -0.39 is 0 Å². The summed E-state index contributed by atoms with van der Waals surface area (Å²) in [7, 11) is 0.183. The fraction of sp³-hybridized carbons (Fsp3) is 0.667. The molecule has 39 valence electrons. The number of allylic oxidation sites excluding steroid dienone is 1. The van der Waals surface area contributed by atoms with Crippen LogP contribution in [0.3, 0.4) is 0 Å². The van der Waals surface area contributed by atoms with Crippen molar-refractivity contribution < 1.29 is 0 Å². The van der Waals surface area contributed by atoms with E-state index in [1.807, 2.05) is 0 Å². The van der Waals surface area contributed by atoms with E-state index in [0.29, 0.717) is 0 Å². The lowest BCUT2D eigenvalue weighted by Gasteiger charge is -2.20. The Kier molecular flexibility index (Phi) is 1.68. The zero-order valence-electron chi connectivity index (χ0n) is 4.61. The van der Waals surface area contributed by atoms with E-state index in [2.05, 4.69) is 12.7 Å². The Morgan fingerprint density at radius 3 is 2.43 bits per heavy atom. The molecule has 0 aromatic carbocycles. The Morgan fingerprint density at radius 2 is 2.29 bits per heavy atom. The molecule has 1 saturated heterocycles. The summed E-state index contributed by atoms with van der Waals surface area (Å²) in [5.41, 5.74) is 0. The largest absolute Gasteiger partial charge is 0.103 e. The molecular formula is C6H11Si. The van der Waals surface area contributed by atoms with Crippen molar-refractivity contribution >= 4 is 8.80 Å². The van der Waals surface area contributed by atoms with Crippen molar-refractivity contribution in [2.75, 3.05) is 0 Å². The van der Waals surface area contributed by atoms with Crippen molar-refractivity contribution in [3.8, 4) is 0 Å². The lowest BCUT2D eigenvalue weighted by atomic mass is 10.5. The molecule has 0 saturated carbocycles. The fourth-order valence-corrected chi connectivity index (χ4v) is 2.51. The van der Waals surface area contributed by atoms with Crippen molar-refractivity contribution in [3.05, 3.63) is 12.7 Å². The second-order valence-corrected chi connectivity index (χ2v) is 5.00. The van der Waals surface area contributed by atoms with Crippen LogP contribution in [0.15, 0.2) is 12.7 Å². The smallest absolute Gasteiger partial charge is 0.0518 e. The summed E-state index contributed by atoms with van der Waals surface area (Å²) >= 11 is 0. The van der Waals surface area contributed by atoms with E-state index in [9.17, 15) is 0 Å². The third kappa shape index (κ3) is 1.16. The van der Waals surface area contributed by atoms with Gasteiger partial charge in [0.1, 0.15) is 0 Å². The molecule has 1 heteroatoms. The molecular weight excluding hydrogens is 100 g/mol. The van der Waals surface area contributed by atoms with Crippen molar-refractivity contribution in [3.63, 3.8) is 0 Å². The van der Waals surface area contributed by atoms with Crippen LogP contribution in [0.1, 0.15) is 6.42 Å². The molecule has 7 heavy (non-hydrogen) atoms. The van der Waals surface area contributed by atoms with Gasteiger partial charge in [0.2, 0.25) is 0 Å². The van der Waals surface area contributed by atoms with Gasteiger partial charge in [-0.1, -0.05) is 24.6 Å². The quantitative estimate of drug-likeness (QED) is 0.378. The minimum atomic E-state index is 0.183. The number of rotatable bonds is 2. The standard InChI is InChI=1S/C6H11Si/c1-2-4-7-5-3-6-7/h2H,1,3-6H2. The van der Waals surface area contributed by atoms with Crippen LogP contribution in [-0.2, 0) is 0 Å². The van der Waals surface area contributed by atoms with Gasteiger partial charge in [0.15, 0.2) is 0 Å². The molecule has 0 spiro atoms. The second-order valence-electron chi connectivity index (χ2n) is 2.10. The van der Waals surface area contributed by atoms with E-state index in [4.69, 9.17) is 0 Å². The molecule has 1 aliphatic heterocycles. The van der Waals surface area contributed by atoms with E-state index in [1.54, 1.807) is 12.1 Å². The molecule has 0 amide bonds. The first kappa shape index (κ1) is 5.10. The van der Waals surface area contributed by atoms with Crippen molar-refractivity contribution in [1.29, 1.82) is 0 Å². The summed E-state index contributed by atoms with van der Waals surface area (Å²) in [6.45, 7) is 3.71. The minimum absolute atomic E-state index is 0.183. The molecule has 0 aromatic rings. The highest BCUT2D eigenvalue weighted by Gasteiger charge is 2.16. The number of hydrogen-bond acceptors (Lipinski definition) is 0. The third-order valence-corrected chi connectivity index (χ3v) is 4.48. The van der Waals surface area contributed by atoms with Gasteiger partial charge >= 0.3 is 0 Å². The van der Waals surface area contributed by atoms with Crippen LogP contribution in [0.2, 0.25) is 18.1 Å². The Bertz CT molecular complexity index is 64.6. The zero-order valence-corrected chi connectivity index (χ0v) is 5.61. The SMILES string of the molecule is C=CC[Si]1CCC1. The van der Waals surface area contributed by atoms with Gasteiger partial charge in [0.05, 0.1) is 8.80 Å². The summed E-state index contributed by atoms with van der Waals surface area (Å²) in [6, 6.07) is 4.46. The van der Waals surface area contributed by atoms with Crippen LogP contribution in [0.4, 0.5) is 0 Å². The summed E-state index contributed by atoms with van der Waals surface area (Å²) < 4.78 is 0. The van der Waals surface area contributed by atoms with Crippen LogP contribution in [0.25, 0.3) is 0 Å². The Balaban J connectivity index is 2.03. The first-order chi connectivity index (χ1) is 3.43. The molecule has 0 unspecified atom stereocenters. The molecule has 1 aliphatic rings. The highest BCUT2D eigenvalue weighted by molar-refractivity contribution is 6.62. The van der Waals surface area contributed by atoms with Gasteiger partial charge in [-0.15, -0.1) is 6.58 Å². The maximum atomic E-state index is 3.71. The van der Waals surface area contributed by atoms with Gasteiger partial charge in [-0.05, 0) is 6.04 Å². The molecule has 0 aromatic heterocycles. The average molecular weight is 111 g/mol. The lowest BCUT2D eigenvalue weighted by Crippen LogP contribution is -2.19. The fourth-order valence-electron chi connectivity index (χ4n) is 0.835. The van der Waals surface area contributed by atoms with Crippen LogP contribution >= 0.6 is 0 Å². The van der Waals surface area contributed by atoms with E-state index in [0.717, 1.165) is 0 Å². The van der Waals surface area contributed by atoms with E-state index >= 15 is 0 Å². The minimum Gasteiger partial charge on any atom is -0.103 e. The maximum Gasteiger partial charge on any atom is 0.0518 e. The molecule has 1 rings (SSSR count). The van der Waals surface area contributed by atoms with Gasteiger partial charge in [-0.25, -0.2) is 0 Å². The maximum absolute atomic E-state index is 3.71. The molecule has 0 aliphatic carbocycles. The molecule has 0 bridgehead atoms. The summed E-state index contributed by atoms with van der Waals surface area (Å²) in [6.07, 6.45) is 3.58. The van der Waals surface area contributed by atoms with E-state index in [-0.39, 0.29) is 8.80 Å². The monoisotopic (exact) mass is 111 g/mol. The lowest BCUT2D eigenvalue weighted by molar-refractivity contribution is 0.932. The van der Waals surface area contributed by atoms with Crippen LogP contribution in [0.5, 0.6) is 0 Å². The molecule has 0 atom stereocenters. The normalized spacial score (nSPS) is 21.1. The Labute approximate surface area is 46.8 Å². The van der Waals surface area contributed by atoms with Gasteiger partial charge in [0.25, 0.3) is 0 Å². The summed E-state index contributed by atoms with van der Waals surface area (Å²) in [5.74, 6) is 0. The van der Waals surface area contributed by atoms with Crippen molar-refractivity contribution in [2.24, 2.45) is 0 Å². The van der Waals surface area contributed by atoms with Gasteiger partial charge in [-0.2, -0.15) is 0 Å². The van der Waals surface area contributed by atoms with Crippen molar-refractivity contribution in [2.45, 2.75) is 24.6 Å². The third-order valence-electron chi connectivity index (χ3n) is 1.49. The highest BCUT2D eigenvalue weighted by Crippen LogP contribution is 2.22. The number of hydrogen-bond donors (Lipinski definition) is 0. The topological polar surface area (TPSA) is 0 Å². The Morgan fingerprint density at radius 1 is 1.57 bits per heavy atom. The zero-order chi connectivity index (χ0) is 5.11. The molecule has 1 fully saturated rings.